The molecule has 0 unspecified atom stereocenters. The molecular formula is C18H21N3OS. The number of imidazole rings is 1. The van der Waals surface area contributed by atoms with Crippen molar-refractivity contribution in [1.82, 2.24) is 9.55 Å². The molecule has 2 bridgehead atoms. The van der Waals surface area contributed by atoms with Crippen molar-refractivity contribution in [3.8, 4) is 5.69 Å². The van der Waals surface area contributed by atoms with E-state index in [1.807, 2.05) is 41.2 Å². The minimum Gasteiger partial charge on any atom is -0.337 e. The molecule has 2 aliphatic carbocycles. The Morgan fingerprint density at radius 2 is 2.26 bits per heavy atom. The molecule has 0 spiro atoms. The number of anilines is 1. The second-order valence-corrected chi connectivity index (χ2v) is 7.26. The molecule has 4 nitrogen and oxygen atoms in total. The Morgan fingerprint density at radius 3 is 2.96 bits per heavy atom. The van der Waals surface area contributed by atoms with E-state index in [0.717, 1.165) is 23.2 Å². The first kappa shape index (κ1) is 14.7. The molecule has 1 amide bonds. The number of aromatic amines is 1. The fourth-order valence-corrected chi connectivity index (χ4v) is 4.57. The van der Waals surface area contributed by atoms with Gasteiger partial charge in [0.2, 0.25) is 5.91 Å². The standard InChI is InChI=1S/C18H21N3OS/c22-17(10-14-9-12-4-5-13(14)8-12)20-15-2-1-3-16(11-15)21-7-6-19-18(21)23/h1-3,6-7,11-14H,4-5,8-10H2,(H,19,23)(H,20,22)/t12-,13-,14+/m0/s1. The Morgan fingerprint density at radius 1 is 1.35 bits per heavy atom. The first-order valence-electron chi connectivity index (χ1n) is 8.35. The lowest BCUT2D eigenvalue weighted by atomic mass is 9.86. The summed E-state index contributed by atoms with van der Waals surface area (Å²) < 4.78 is 2.54. The fraction of sp³-hybridized carbons (Fsp3) is 0.444. The Hall–Kier alpha value is -1.88. The zero-order valence-electron chi connectivity index (χ0n) is 13.0. The fourth-order valence-electron chi connectivity index (χ4n) is 4.33. The average Bonchev–Trinajstić information content (AvgIpc) is 3.24. The van der Waals surface area contributed by atoms with Crippen LogP contribution in [0.15, 0.2) is 36.7 Å². The number of nitrogens with zero attached hydrogens (tertiary/aromatic N) is 1. The van der Waals surface area contributed by atoms with Gasteiger partial charge in [0.15, 0.2) is 4.77 Å². The van der Waals surface area contributed by atoms with E-state index in [1.54, 1.807) is 0 Å². The number of rotatable bonds is 4. The average molecular weight is 327 g/mol. The number of H-pyrrole nitrogens is 1. The van der Waals surface area contributed by atoms with Crippen LogP contribution in [0.4, 0.5) is 5.69 Å². The quantitative estimate of drug-likeness (QED) is 0.823. The summed E-state index contributed by atoms with van der Waals surface area (Å²) in [5, 5.41) is 3.05. The van der Waals surface area contributed by atoms with Crippen molar-refractivity contribution in [3.63, 3.8) is 0 Å². The van der Waals surface area contributed by atoms with E-state index in [0.29, 0.717) is 17.1 Å². The lowest BCUT2D eigenvalue weighted by Crippen LogP contribution is -2.20. The molecule has 2 fully saturated rings. The van der Waals surface area contributed by atoms with Crippen molar-refractivity contribution in [2.75, 3.05) is 5.32 Å². The van der Waals surface area contributed by atoms with Gasteiger partial charge in [0.1, 0.15) is 0 Å². The largest absolute Gasteiger partial charge is 0.337 e. The van der Waals surface area contributed by atoms with Gasteiger partial charge < -0.3 is 10.3 Å². The van der Waals surface area contributed by atoms with Gasteiger partial charge in [0.25, 0.3) is 0 Å². The summed E-state index contributed by atoms with van der Waals surface area (Å²) in [5.74, 6) is 2.40. The van der Waals surface area contributed by atoms with E-state index in [-0.39, 0.29) is 5.91 Å². The van der Waals surface area contributed by atoms with Crippen molar-refractivity contribution < 1.29 is 4.79 Å². The van der Waals surface area contributed by atoms with Crippen LogP contribution in [-0.2, 0) is 4.79 Å². The van der Waals surface area contributed by atoms with Gasteiger partial charge in [0.05, 0.1) is 0 Å². The highest BCUT2D eigenvalue weighted by Gasteiger charge is 2.40. The van der Waals surface area contributed by atoms with Crippen molar-refractivity contribution in [1.29, 1.82) is 0 Å². The van der Waals surface area contributed by atoms with Gasteiger partial charge in [-0.1, -0.05) is 12.5 Å². The molecule has 0 saturated heterocycles. The second kappa shape index (κ2) is 5.96. The maximum Gasteiger partial charge on any atom is 0.224 e. The number of aromatic nitrogens is 2. The number of nitrogens with one attached hydrogen (secondary N) is 2. The van der Waals surface area contributed by atoms with E-state index in [4.69, 9.17) is 12.2 Å². The topological polar surface area (TPSA) is 49.8 Å². The zero-order chi connectivity index (χ0) is 15.8. The summed E-state index contributed by atoms with van der Waals surface area (Å²) in [4.78, 5) is 15.3. The summed E-state index contributed by atoms with van der Waals surface area (Å²) in [6.45, 7) is 0. The lowest BCUT2D eigenvalue weighted by molar-refractivity contribution is -0.117. The summed E-state index contributed by atoms with van der Waals surface area (Å²) in [5.41, 5.74) is 1.78. The van der Waals surface area contributed by atoms with Crippen LogP contribution in [0, 0.1) is 22.5 Å². The van der Waals surface area contributed by atoms with Gasteiger partial charge in [0, 0.05) is 30.2 Å². The van der Waals surface area contributed by atoms with Crippen LogP contribution in [-0.4, -0.2) is 15.5 Å². The summed E-state index contributed by atoms with van der Waals surface area (Å²) >= 11 is 5.24. The van der Waals surface area contributed by atoms with Gasteiger partial charge in [-0.3, -0.25) is 9.36 Å². The van der Waals surface area contributed by atoms with Gasteiger partial charge in [-0.25, -0.2) is 0 Å². The number of fused-ring (bicyclic) bond motifs is 2. The first-order chi connectivity index (χ1) is 11.2. The molecule has 0 radical (unpaired) electrons. The molecule has 23 heavy (non-hydrogen) atoms. The van der Waals surface area contributed by atoms with Crippen LogP contribution in [0.1, 0.15) is 32.1 Å². The van der Waals surface area contributed by atoms with E-state index in [9.17, 15) is 4.79 Å². The van der Waals surface area contributed by atoms with Crippen molar-refractivity contribution in [3.05, 3.63) is 41.4 Å². The minimum atomic E-state index is 0.136. The zero-order valence-corrected chi connectivity index (χ0v) is 13.8. The molecule has 2 N–H and O–H groups in total. The Kier molecular flexibility index (Phi) is 3.81. The number of amides is 1. The van der Waals surface area contributed by atoms with Crippen molar-refractivity contribution in [2.45, 2.75) is 32.1 Å². The SMILES string of the molecule is O=C(C[C@H]1C[C@H]2CC[C@H]1C2)Nc1cccc(-n2cc[nH]c2=S)c1. The number of carbonyl (C=O) groups excluding carboxylic acids is 1. The van der Waals surface area contributed by atoms with E-state index >= 15 is 0 Å². The molecule has 5 heteroatoms. The molecule has 120 valence electrons. The van der Waals surface area contributed by atoms with Crippen LogP contribution in [0.3, 0.4) is 0 Å². The van der Waals surface area contributed by atoms with Crippen LogP contribution >= 0.6 is 12.2 Å². The predicted octanol–water partition coefficient (Wildman–Crippen LogP) is 4.30. The molecular weight excluding hydrogens is 306 g/mol. The summed E-state index contributed by atoms with van der Waals surface area (Å²) in [6, 6.07) is 7.81. The second-order valence-electron chi connectivity index (χ2n) is 6.87. The van der Waals surface area contributed by atoms with Crippen molar-refractivity contribution in [2.24, 2.45) is 17.8 Å². The Balaban J connectivity index is 1.43. The maximum atomic E-state index is 12.4. The number of benzene rings is 1. The third kappa shape index (κ3) is 2.98. The highest BCUT2D eigenvalue weighted by atomic mass is 32.1. The molecule has 0 aliphatic heterocycles. The van der Waals surface area contributed by atoms with Crippen LogP contribution in [0.2, 0.25) is 0 Å². The number of carbonyl (C=O) groups is 1. The van der Waals surface area contributed by atoms with E-state index in [2.05, 4.69) is 10.3 Å². The molecule has 3 atom stereocenters. The van der Waals surface area contributed by atoms with Gasteiger partial charge in [-0.05, 0) is 67.4 Å². The van der Waals surface area contributed by atoms with Gasteiger partial charge >= 0.3 is 0 Å². The molecule has 1 aromatic heterocycles. The summed E-state index contributed by atoms with van der Waals surface area (Å²) in [7, 11) is 0. The minimum absolute atomic E-state index is 0.136. The molecule has 1 aromatic carbocycles. The Labute approximate surface area is 140 Å². The van der Waals surface area contributed by atoms with Gasteiger partial charge in [-0.15, -0.1) is 0 Å². The Bertz CT molecular complexity index is 778. The predicted molar refractivity (Wildman–Crippen MR) is 93.1 cm³/mol. The molecule has 2 aliphatic rings. The lowest BCUT2D eigenvalue weighted by Gasteiger charge is -2.21. The van der Waals surface area contributed by atoms with E-state index in [1.165, 1.54) is 25.7 Å². The number of hydrogen-bond acceptors (Lipinski definition) is 2. The van der Waals surface area contributed by atoms with Crippen LogP contribution in [0.5, 0.6) is 0 Å². The molecule has 2 aromatic rings. The molecule has 1 heterocycles. The molecule has 4 rings (SSSR count). The highest BCUT2D eigenvalue weighted by molar-refractivity contribution is 7.71. The maximum absolute atomic E-state index is 12.4. The molecule has 2 saturated carbocycles. The highest BCUT2D eigenvalue weighted by Crippen LogP contribution is 2.49. The van der Waals surface area contributed by atoms with E-state index < -0.39 is 0 Å². The smallest absolute Gasteiger partial charge is 0.224 e. The normalized spacial score (nSPS) is 25.7. The first-order valence-corrected chi connectivity index (χ1v) is 8.76. The van der Waals surface area contributed by atoms with Crippen LogP contribution < -0.4 is 5.32 Å². The third-order valence-electron chi connectivity index (χ3n) is 5.39. The van der Waals surface area contributed by atoms with Gasteiger partial charge in [-0.2, -0.15) is 0 Å². The summed E-state index contributed by atoms with van der Waals surface area (Å²) in [6.07, 6.45) is 9.65. The third-order valence-corrected chi connectivity index (χ3v) is 5.70. The monoisotopic (exact) mass is 327 g/mol. The number of hydrogen-bond donors (Lipinski definition) is 2. The van der Waals surface area contributed by atoms with Crippen molar-refractivity contribution >= 4 is 23.8 Å². The van der Waals surface area contributed by atoms with Crippen LogP contribution in [0.25, 0.3) is 5.69 Å².